The Hall–Kier alpha value is -1.39. The summed E-state index contributed by atoms with van der Waals surface area (Å²) >= 11 is 0. The number of nitrogens with two attached hydrogens (primary N) is 1. The van der Waals surface area contributed by atoms with Crippen LogP contribution in [0.25, 0.3) is 0 Å². The largest absolute Gasteiger partial charge is 0.393 e. The summed E-state index contributed by atoms with van der Waals surface area (Å²) in [4.78, 5) is 12.1. The van der Waals surface area contributed by atoms with E-state index in [4.69, 9.17) is 5.73 Å². The van der Waals surface area contributed by atoms with Gasteiger partial charge in [0.2, 0.25) is 5.91 Å². The lowest BCUT2D eigenvalue weighted by Gasteiger charge is -2.27. The second kappa shape index (κ2) is 6.17. The van der Waals surface area contributed by atoms with E-state index in [1.165, 1.54) is 0 Å². The molecule has 104 valence electrons. The Kier molecular flexibility index (Phi) is 4.56. The zero-order valence-electron chi connectivity index (χ0n) is 11.3. The fourth-order valence-electron chi connectivity index (χ4n) is 2.51. The number of amides is 1. The summed E-state index contributed by atoms with van der Waals surface area (Å²) in [5.41, 5.74) is 7.93. The molecule has 1 aliphatic rings. The zero-order chi connectivity index (χ0) is 13.8. The molecule has 0 saturated heterocycles. The first kappa shape index (κ1) is 14.0. The van der Waals surface area contributed by atoms with Crippen LogP contribution in [0, 0.1) is 6.92 Å². The number of hydrogen-bond acceptors (Lipinski definition) is 3. The third-order valence-corrected chi connectivity index (χ3v) is 3.71. The molecule has 3 atom stereocenters. The SMILES string of the molecule is Cc1ccc(C(N)C(=O)NC2CCCC(O)C2)cc1. The van der Waals surface area contributed by atoms with Gasteiger partial charge in [0.15, 0.2) is 0 Å². The summed E-state index contributed by atoms with van der Waals surface area (Å²) in [5, 5.41) is 12.5. The zero-order valence-corrected chi connectivity index (χ0v) is 11.3. The third-order valence-electron chi connectivity index (χ3n) is 3.71. The van der Waals surface area contributed by atoms with E-state index < -0.39 is 6.04 Å². The summed E-state index contributed by atoms with van der Waals surface area (Å²) in [7, 11) is 0. The number of benzene rings is 1. The number of nitrogens with one attached hydrogen (secondary N) is 1. The normalized spacial score (nSPS) is 24.8. The van der Waals surface area contributed by atoms with Crippen molar-refractivity contribution in [1.29, 1.82) is 0 Å². The Morgan fingerprint density at radius 2 is 2.05 bits per heavy atom. The number of aliphatic hydroxyl groups is 1. The minimum absolute atomic E-state index is 0.0488. The van der Waals surface area contributed by atoms with Gasteiger partial charge in [-0.15, -0.1) is 0 Å². The molecular formula is C15H22N2O2. The lowest BCUT2D eigenvalue weighted by Crippen LogP contribution is -2.43. The van der Waals surface area contributed by atoms with Gasteiger partial charge < -0.3 is 16.2 Å². The van der Waals surface area contributed by atoms with Crippen molar-refractivity contribution in [3.05, 3.63) is 35.4 Å². The molecule has 1 saturated carbocycles. The molecule has 4 N–H and O–H groups in total. The number of hydrogen-bond donors (Lipinski definition) is 3. The first-order chi connectivity index (χ1) is 9.06. The fourth-order valence-corrected chi connectivity index (χ4v) is 2.51. The summed E-state index contributed by atoms with van der Waals surface area (Å²) in [6.45, 7) is 2.00. The van der Waals surface area contributed by atoms with E-state index in [1.54, 1.807) is 0 Å². The van der Waals surface area contributed by atoms with Crippen molar-refractivity contribution in [1.82, 2.24) is 5.32 Å². The van der Waals surface area contributed by atoms with Crippen LogP contribution >= 0.6 is 0 Å². The number of aryl methyl sites for hydroxylation is 1. The Morgan fingerprint density at radius 1 is 1.37 bits per heavy atom. The van der Waals surface area contributed by atoms with Crippen LogP contribution in [0.4, 0.5) is 0 Å². The first-order valence-electron chi connectivity index (χ1n) is 6.87. The van der Waals surface area contributed by atoms with E-state index in [0.29, 0.717) is 6.42 Å². The predicted octanol–water partition coefficient (Wildman–Crippen LogP) is 1.41. The van der Waals surface area contributed by atoms with E-state index in [0.717, 1.165) is 30.4 Å². The van der Waals surface area contributed by atoms with Crippen LogP contribution in [0.1, 0.15) is 42.9 Å². The van der Waals surface area contributed by atoms with Crippen LogP contribution in [0.15, 0.2) is 24.3 Å². The van der Waals surface area contributed by atoms with Crippen LogP contribution in [0.5, 0.6) is 0 Å². The van der Waals surface area contributed by atoms with Crippen molar-refractivity contribution in [3.63, 3.8) is 0 Å². The van der Waals surface area contributed by atoms with Crippen molar-refractivity contribution < 1.29 is 9.90 Å². The van der Waals surface area contributed by atoms with Crippen molar-refractivity contribution in [2.45, 2.75) is 50.8 Å². The van der Waals surface area contributed by atoms with Gasteiger partial charge in [-0.2, -0.15) is 0 Å². The molecule has 4 nitrogen and oxygen atoms in total. The average Bonchev–Trinajstić information content (AvgIpc) is 2.39. The topological polar surface area (TPSA) is 75.4 Å². The molecule has 0 heterocycles. The minimum Gasteiger partial charge on any atom is -0.393 e. The Bertz CT molecular complexity index is 430. The predicted molar refractivity (Wildman–Crippen MR) is 74.5 cm³/mol. The number of rotatable bonds is 3. The molecule has 4 heteroatoms. The first-order valence-corrected chi connectivity index (χ1v) is 6.87. The van der Waals surface area contributed by atoms with Crippen LogP contribution in [-0.4, -0.2) is 23.2 Å². The smallest absolute Gasteiger partial charge is 0.241 e. The number of carbonyl (C=O) groups is 1. The van der Waals surface area contributed by atoms with E-state index in [1.807, 2.05) is 31.2 Å². The Labute approximate surface area is 114 Å². The summed E-state index contributed by atoms with van der Waals surface area (Å²) in [6.07, 6.45) is 3.03. The maximum absolute atomic E-state index is 12.1. The molecule has 0 spiro atoms. The molecule has 1 aromatic rings. The van der Waals surface area contributed by atoms with E-state index in [9.17, 15) is 9.90 Å². The molecule has 1 aromatic carbocycles. The lowest BCUT2D eigenvalue weighted by atomic mass is 9.92. The molecule has 0 bridgehead atoms. The molecule has 1 amide bonds. The Balaban J connectivity index is 1.93. The van der Waals surface area contributed by atoms with Gasteiger partial charge in [-0.05, 0) is 38.2 Å². The average molecular weight is 262 g/mol. The molecule has 0 radical (unpaired) electrons. The van der Waals surface area contributed by atoms with Crippen LogP contribution in [-0.2, 0) is 4.79 Å². The molecule has 3 unspecified atom stereocenters. The lowest BCUT2D eigenvalue weighted by molar-refractivity contribution is -0.123. The second-order valence-electron chi connectivity index (χ2n) is 5.41. The fraction of sp³-hybridized carbons (Fsp3) is 0.533. The standard InChI is InChI=1S/C15H22N2O2/c1-10-5-7-11(8-6-10)14(16)15(19)17-12-3-2-4-13(18)9-12/h5-8,12-14,18H,2-4,9,16H2,1H3,(H,17,19). The van der Waals surface area contributed by atoms with Gasteiger partial charge in [0.25, 0.3) is 0 Å². The van der Waals surface area contributed by atoms with E-state index in [2.05, 4.69) is 5.32 Å². The maximum atomic E-state index is 12.1. The molecule has 19 heavy (non-hydrogen) atoms. The molecule has 0 aromatic heterocycles. The highest BCUT2D eigenvalue weighted by Gasteiger charge is 2.24. The highest BCUT2D eigenvalue weighted by molar-refractivity contribution is 5.83. The monoisotopic (exact) mass is 262 g/mol. The quantitative estimate of drug-likeness (QED) is 0.771. The second-order valence-corrected chi connectivity index (χ2v) is 5.41. The van der Waals surface area contributed by atoms with Gasteiger partial charge in [-0.3, -0.25) is 4.79 Å². The molecular weight excluding hydrogens is 240 g/mol. The molecule has 0 aliphatic heterocycles. The van der Waals surface area contributed by atoms with Crippen LogP contribution in [0.2, 0.25) is 0 Å². The van der Waals surface area contributed by atoms with Gasteiger partial charge in [0.05, 0.1) is 6.10 Å². The van der Waals surface area contributed by atoms with Crippen molar-refractivity contribution >= 4 is 5.91 Å². The van der Waals surface area contributed by atoms with Gasteiger partial charge >= 0.3 is 0 Å². The Morgan fingerprint density at radius 3 is 2.68 bits per heavy atom. The highest BCUT2D eigenvalue weighted by Crippen LogP contribution is 2.19. The van der Waals surface area contributed by atoms with Gasteiger partial charge in [0, 0.05) is 6.04 Å². The summed E-state index contributed by atoms with van der Waals surface area (Å²) < 4.78 is 0. The van der Waals surface area contributed by atoms with Crippen LogP contribution in [0.3, 0.4) is 0 Å². The highest BCUT2D eigenvalue weighted by atomic mass is 16.3. The molecule has 1 fully saturated rings. The molecule has 1 aliphatic carbocycles. The third kappa shape index (κ3) is 3.78. The van der Waals surface area contributed by atoms with Crippen LogP contribution < -0.4 is 11.1 Å². The summed E-state index contributed by atoms with van der Waals surface area (Å²) in [5.74, 6) is -0.164. The van der Waals surface area contributed by atoms with Crippen molar-refractivity contribution in [3.8, 4) is 0 Å². The van der Waals surface area contributed by atoms with Gasteiger partial charge in [0.1, 0.15) is 6.04 Å². The maximum Gasteiger partial charge on any atom is 0.241 e. The summed E-state index contributed by atoms with van der Waals surface area (Å²) in [6, 6.07) is 7.08. The van der Waals surface area contributed by atoms with E-state index >= 15 is 0 Å². The van der Waals surface area contributed by atoms with Crippen molar-refractivity contribution in [2.24, 2.45) is 5.73 Å². The van der Waals surface area contributed by atoms with Gasteiger partial charge in [-0.25, -0.2) is 0 Å². The molecule has 2 rings (SSSR count). The number of aliphatic hydroxyl groups excluding tert-OH is 1. The van der Waals surface area contributed by atoms with Crippen molar-refractivity contribution in [2.75, 3.05) is 0 Å². The van der Waals surface area contributed by atoms with E-state index in [-0.39, 0.29) is 18.1 Å². The number of carbonyl (C=O) groups excluding carboxylic acids is 1. The van der Waals surface area contributed by atoms with Gasteiger partial charge in [-0.1, -0.05) is 29.8 Å². The minimum atomic E-state index is -0.639.